The second-order valence-electron chi connectivity index (χ2n) is 4.20. The van der Waals surface area contributed by atoms with Crippen LogP contribution in [0, 0.1) is 5.92 Å². The summed E-state index contributed by atoms with van der Waals surface area (Å²) in [4.78, 5) is 2.00. The van der Waals surface area contributed by atoms with E-state index in [2.05, 4.69) is 0 Å². The van der Waals surface area contributed by atoms with Crippen molar-refractivity contribution in [3.05, 3.63) is 0 Å². The molecule has 0 radical (unpaired) electrons. The lowest BCUT2D eigenvalue weighted by Crippen LogP contribution is -2.34. The second kappa shape index (κ2) is 7.06. The number of nitrogens with two attached hydrogens (primary N) is 1. The zero-order chi connectivity index (χ0) is 11.9. The first-order valence-corrected chi connectivity index (χ1v) is 5.34. The molecule has 0 saturated carbocycles. The van der Waals surface area contributed by atoms with Crippen molar-refractivity contribution in [2.24, 2.45) is 11.7 Å². The van der Waals surface area contributed by atoms with Crippen molar-refractivity contribution in [3.8, 4) is 0 Å². The molecule has 2 nitrogen and oxygen atoms in total. The monoisotopic (exact) mass is 226 g/mol. The Hall–Kier alpha value is -0.290. The average Bonchev–Trinajstić information content (AvgIpc) is 2.00. The van der Waals surface area contributed by atoms with Crippen LogP contribution in [0.1, 0.15) is 26.7 Å². The van der Waals surface area contributed by atoms with Crippen LogP contribution in [0.2, 0.25) is 0 Å². The fraction of sp³-hybridized carbons (Fsp3) is 1.00. The quantitative estimate of drug-likeness (QED) is 0.721. The Bertz CT molecular complexity index is 157. The van der Waals surface area contributed by atoms with E-state index >= 15 is 0 Å². The number of hydrogen-bond acceptors (Lipinski definition) is 2. The molecule has 0 rings (SSSR count). The molecule has 0 aromatic carbocycles. The summed E-state index contributed by atoms with van der Waals surface area (Å²) in [5.74, 6) is 0.461. The number of rotatable bonds is 7. The summed E-state index contributed by atoms with van der Waals surface area (Å²) < 4.78 is 35.7. The highest BCUT2D eigenvalue weighted by molar-refractivity contribution is 4.62. The van der Waals surface area contributed by atoms with Crippen LogP contribution in [-0.4, -0.2) is 37.3 Å². The van der Waals surface area contributed by atoms with Crippen molar-refractivity contribution in [2.45, 2.75) is 32.9 Å². The molecule has 0 heterocycles. The Balaban J connectivity index is 3.75. The van der Waals surface area contributed by atoms with E-state index in [1.807, 2.05) is 18.7 Å². The Labute approximate surface area is 89.6 Å². The molecule has 0 atom stereocenters. The summed E-state index contributed by atoms with van der Waals surface area (Å²) in [5.41, 5.74) is 5.40. The Morgan fingerprint density at radius 3 is 2.20 bits per heavy atom. The molecule has 0 spiro atoms. The third-order valence-corrected chi connectivity index (χ3v) is 2.00. The topological polar surface area (TPSA) is 29.3 Å². The first-order valence-electron chi connectivity index (χ1n) is 5.34. The van der Waals surface area contributed by atoms with Gasteiger partial charge in [0.2, 0.25) is 0 Å². The predicted octanol–water partition coefficient (Wildman–Crippen LogP) is 2.25. The van der Waals surface area contributed by atoms with Gasteiger partial charge < -0.3 is 10.6 Å². The van der Waals surface area contributed by atoms with Crippen LogP contribution in [0.15, 0.2) is 0 Å². The van der Waals surface area contributed by atoms with Gasteiger partial charge in [0, 0.05) is 26.1 Å². The van der Waals surface area contributed by atoms with Crippen LogP contribution in [0.25, 0.3) is 0 Å². The van der Waals surface area contributed by atoms with Gasteiger partial charge in [0.15, 0.2) is 0 Å². The highest BCUT2D eigenvalue weighted by atomic mass is 19.4. The van der Waals surface area contributed by atoms with E-state index in [9.17, 15) is 13.2 Å². The molecule has 0 saturated heterocycles. The molecule has 92 valence electrons. The van der Waals surface area contributed by atoms with Crippen LogP contribution in [-0.2, 0) is 0 Å². The van der Waals surface area contributed by atoms with Gasteiger partial charge in [0.25, 0.3) is 0 Å². The molecule has 0 bridgehead atoms. The maximum atomic E-state index is 11.9. The van der Waals surface area contributed by atoms with E-state index in [0.717, 1.165) is 6.54 Å². The Kier molecular flexibility index (Phi) is 6.92. The number of hydrogen-bond donors (Lipinski definition) is 1. The highest BCUT2D eigenvalue weighted by Gasteiger charge is 2.26. The number of nitrogens with zero attached hydrogens (tertiary/aromatic N) is 1. The fourth-order valence-corrected chi connectivity index (χ4v) is 1.50. The lowest BCUT2D eigenvalue weighted by Gasteiger charge is -2.23. The molecule has 0 aromatic rings. The van der Waals surface area contributed by atoms with Gasteiger partial charge in [0.05, 0.1) is 0 Å². The van der Waals surface area contributed by atoms with Gasteiger partial charge in [-0.1, -0.05) is 13.8 Å². The van der Waals surface area contributed by atoms with Crippen molar-refractivity contribution < 1.29 is 13.2 Å². The maximum absolute atomic E-state index is 11.9. The van der Waals surface area contributed by atoms with E-state index in [0.29, 0.717) is 25.6 Å². The Morgan fingerprint density at radius 1 is 1.20 bits per heavy atom. The number of halogens is 3. The van der Waals surface area contributed by atoms with Crippen molar-refractivity contribution in [1.82, 2.24) is 4.90 Å². The average molecular weight is 226 g/mol. The van der Waals surface area contributed by atoms with Crippen LogP contribution in [0.3, 0.4) is 0 Å². The van der Waals surface area contributed by atoms with Gasteiger partial charge in [-0.25, -0.2) is 0 Å². The maximum Gasteiger partial charge on any atom is 0.389 e. The molecule has 0 aliphatic heterocycles. The third-order valence-electron chi connectivity index (χ3n) is 2.00. The minimum Gasteiger partial charge on any atom is -0.329 e. The van der Waals surface area contributed by atoms with E-state index in [-0.39, 0.29) is 6.42 Å². The highest BCUT2D eigenvalue weighted by Crippen LogP contribution is 2.21. The molecule has 0 unspecified atom stereocenters. The van der Waals surface area contributed by atoms with Gasteiger partial charge in [-0.2, -0.15) is 13.2 Å². The molecular formula is C10H21F3N2. The summed E-state index contributed by atoms with van der Waals surface area (Å²) in [7, 11) is 0. The molecule has 0 fully saturated rings. The fourth-order valence-electron chi connectivity index (χ4n) is 1.50. The zero-order valence-corrected chi connectivity index (χ0v) is 9.48. The normalized spacial score (nSPS) is 12.8. The van der Waals surface area contributed by atoms with Crippen LogP contribution in [0.4, 0.5) is 13.2 Å². The lowest BCUT2D eigenvalue weighted by molar-refractivity contribution is -0.136. The van der Waals surface area contributed by atoms with Gasteiger partial charge in [-0.3, -0.25) is 0 Å². The summed E-state index contributed by atoms with van der Waals surface area (Å²) in [5, 5.41) is 0. The molecule has 2 N–H and O–H groups in total. The van der Waals surface area contributed by atoms with Gasteiger partial charge in [-0.05, 0) is 18.9 Å². The van der Waals surface area contributed by atoms with Gasteiger partial charge in [0.1, 0.15) is 0 Å². The molecule has 0 aliphatic carbocycles. The third kappa shape index (κ3) is 10.0. The SMILES string of the molecule is CC(C)CN(CCN)CCCC(F)(F)F. The van der Waals surface area contributed by atoms with Crippen molar-refractivity contribution >= 4 is 0 Å². The first kappa shape index (κ1) is 14.7. The summed E-state index contributed by atoms with van der Waals surface area (Å²) in [6.07, 6.45) is -4.57. The predicted molar refractivity (Wildman–Crippen MR) is 55.6 cm³/mol. The van der Waals surface area contributed by atoms with E-state index in [4.69, 9.17) is 5.73 Å². The van der Waals surface area contributed by atoms with Crippen LogP contribution >= 0.6 is 0 Å². The minimum absolute atomic E-state index is 0.163. The number of alkyl halides is 3. The zero-order valence-electron chi connectivity index (χ0n) is 9.48. The standard InChI is InChI=1S/C10H21F3N2/c1-9(2)8-15(7-5-14)6-3-4-10(11,12)13/h9H,3-8,14H2,1-2H3. The minimum atomic E-state index is -4.04. The molecule has 0 aliphatic rings. The van der Waals surface area contributed by atoms with Crippen LogP contribution in [0.5, 0.6) is 0 Å². The summed E-state index contributed by atoms with van der Waals surface area (Å²) in [6, 6.07) is 0. The van der Waals surface area contributed by atoms with Gasteiger partial charge >= 0.3 is 6.18 Å². The molecule has 5 heteroatoms. The lowest BCUT2D eigenvalue weighted by atomic mass is 10.2. The van der Waals surface area contributed by atoms with E-state index in [1.165, 1.54) is 0 Å². The molecule has 15 heavy (non-hydrogen) atoms. The molecular weight excluding hydrogens is 205 g/mol. The smallest absolute Gasteiger partial charge is 0.329 e. The largest absolute Gasteiger partial charge is 0.389 e. The second-order valence-corrected chi connectivity index (χ2v) is 4.20. The van der Waals surface area contributed by atoms with Crippen molar-refractivity contribution in [1.29, 1.82) is 0 Å². The molecule has 0 amide bonds. The first-order chi connectivity index (χ1) is 6.85. The van der Waals surface area contributed by atoms with Crippen molar-refractivity contribution in [2.75, 3.05) is 26.2 Å². The van der Waals surface area contributed by atoms with E-state index in [1.54, 1.807) is 0 Å². The van der Waals surface area contributed by atoms with Crippen molar-refractivity contribution in [3.63, 3.8) is 0 Å². The summed E-state index contributed by atoms with van der Waals surface area (Å²) in [6.45, 7) is 6.57. The molecule has 0 aromatic heterocycles. The summed E-state index contributed by atoms with van der Waals surface area (Å²) >= 11 is 0. The van der Waals surface area contributed by atoms with E-state index < -0.39 is 12.6 Å². The Morgan fingerprint density at radius 2 is 1.80 bits per heavy atom. The van der Waals surface area contributed by atoms with Gasteiger partial charge in [-0.15, -0.1) is 0 Å². The van der Waals surface area contributed by atoms with Crippen LogP contribution < -0.4 is 5.73 Å².